The number of hydrogen-bond donors (Lipinski definition) is 0. The number of allylic oxidation sites excluding steroid dienone is 5. The first-order valence-electron chi connectivity index (χ1n) is 4.40. The predicted octanol–water partition coefficient (Wildman–Crippen LogP) is 2.14. The molecule has 0 N–H and O–H groups in total. The van der Waals surface area contributed by atoms with E-state index in [0.717, 1.165) is 10.7 Å². The van der Waals surface area contributed by atoms with Crippen LogP contribution in [0.25, 0.3) is 0 Å². The third-order valence-electron chi connectivity index (χ3n) is 2.80. The van der Waals surface area contributed by atoms with Crippen LogP contribution >= 0.6 is 0 Å². The summed E-state index contributed by atoms with van der Waals surface area (Å²) in [6.07, 6.45) is 11.8. The standard InChI is InChI=1S/C10H10Si2/c1-2-6-12-9-4-7-11(8-5-9)10(12)3-1/h1-10H. The van der Waals surface area contributed by atoms with Gasteiger partial charge in [0.1, 0.15) is 8.80 Å². The fourth-order valence-corrected chi connectivity index (χ4v) is 9.39. The second-order valence-electron chi connectivity index (χ2n) is 3.47. The summed E-state index contributed by atoms with van der Waals surface area (Å²) in [5, 5.41) is 0.949. The smallest absolute Gasteiger partial charge is 0.0954 e. The van der Waals surface area contributed by atoms with Gasteiger partial charge in [0.25, 0.3) is 0 Å². The molecule has 4 rings (SSSR count). The maximum atomic E-state index is 2.48. The van der Waals surface area contributed by atoms with E-state index in [1.165, 1.54) is 0 Å². The Hall–Kier alpha value is -0.606. The summed E-state index contributed by atoms with van der Waals surface area (Å²) in [5.41, 5.74) is 8.25. The van der Waals surface area contributed by atoms with Crippen LogP contribution in [0.2, 0.25) is 10.7 Å². The lowest BCUT2D eigenvalue weighted by atomic mass is 10.4. The maximum absolute atomic E-state index is 2.48. The summed E-state index contributed by atoms with van der Waals surface area (Å²) in [6, 6.07) is 0. The molecule has 2 heteroatoms. The summed E-state index contributed by atoms with van der Waals surface area (Å²) in [5.74, 6) is 0. The molecule has 2 radical (unpaired) electrons. The third-order valence-corrected chi connectivity index (χ3v) is 9.51. The minimum absolute atomic E-state index is 0.225. The van der Waals surface area contributed by atoms with E-state index in [1.54, 1.807) is 0 Å². The van der Waals surface area contributed by atoms with Crippen molar-refractivity contribution in [2.24, 2.45) is 0 Å². The van der Waals surface area contributed by atoms with Crippen LogP contribution in [0.3, 0.4) is 0 Å². The average molecular weight is 186 g/mol. The molecule has 1 atom stereocenters. The lowest BCUT2D eigenvalue weighted by Gasteiger charge is -2.37. The van der Waals surface area contributed by atoms with Crippen LogP contribution < -0.4 is 0 Å². The Morgan fingerprint density at radius 3 is 2.42 bits per heavy atom. The largest absolute Gasteiger partial charge is 0.107 e. The molecule has 58 valence electrons. The summed E-state index contributed by atoms with van der Waals surface area (Å²) in [7, 11) is -0.499. The van der Waals surface area contributed by atoms with Gasteiger partial charge in [-0.05, 0) is 10.7 Å². The summed E-state index contributed by atoms with van der Waals surface area (Å²) in [4.78, 5) is 0. The fraction of sp³-hybridized carbons (Fsp3) is 0.200. The van der Waals surface area contributed by atoms with E-state index < -0.39 is 0 Å². The van der Waals surface area contributed by atoms with Gasteiger partial charge < -0.3 is 0 Å². The first kappa shape index (κ1) is 6.86. The highest BCUT2D eigenvalue weighted by Crippen LogP contribution is 2.39. The molecule has 0 spiro atoms. The van der Waals surface area contributed by atoms with Gasteiger partial charge in [0.15, 0.2) is 0 Å². The first-order valence-corrected chi connectivity index (χ1v) is 7.86. The van der Waals surface area contributed by atoms with E-state index in [9.17, 15) is 0 Å². The van der Waals surface area contributed by atoms with Crippen LogP contribution in [0.5, 0.6) is 0 Å². The van der Waals surface area contributed by atoms with Crippen LogP contribution in [-0.2, 0) is 0 Å². The van der Waals surface area contributed by atoms with Crippen molar-refractivity contribution in [1.82, 2.24) is 0 Å². The quantitative estimate of drug-likeness (QED) is 0.509. The minimum atomic E-state index is -0.274. The van der Waals surface area contributed by atoms with Crippen molar-refractivity contribution in [3.8, 4) is 0 Å². The Bertz CT molecular complexity index is 268. The molecule has 4 heterocycles. The van der Waals surface area contributed by atoms with Crippen LogP contribution in [0.15, 0.2) is 47.5 Å². The van der Waals surface area contributed by atoms with Crippen LogP contribution in [0.1, 0.15) is 0 Å². The van der Waals surface area contributed by atoms with Crippen molar-refractivity contribution in [2.45, 2.75) is 10.7 Å². The highest BCUT2D eigenvalue weighted by molar-refractivity contribution is 6.91. The van der Waals surface area contributed by atoms with Crippen LogP contribution in [-0.4, -0.2) is 17.6 Å². The van der Waals surface area contributed by atoms with E-state index in [1.807, 2.05) is 0 Å². The van der Waals surface area contributed by atoms with Crippen molar-refractivity contribution in [3.63, 3.8) is 0 Å². The zero-order valence-corrected chi connectivity index (χ0v) is 8.77. The first-order chi connectivity index (χ1) is 5.95. The van der Waals surface area contributed by atoms with Gasteiger partial charge in [-0.1, -0.05) is 47.5 Å². The minimum Gasteiger partial charge on any atom is -0.0954 e. The molecule has 1 unspecified atom stereocenters. The van der Waals surface area contributed by atoms with Crippen LogP contribution in [0.4, 0.5) is 0 Å². The molecule has 0 amide bonds. The molecule has 0 saturated heterocycles. The fourth-order valence-electron chi connectivity index (χ4n) is 2.16. The van der Waals surface area contributed by atoms with E-state index in [4.69, 9.17) is 0 Å². The van der Waals surface area contributed by atoms with Gasteiger partial charge in [0.2, 0.25) is 0 Å². The molecule has 0 saturated carbocycles. The molecule has 0 nitrogen and oxygen atoms in total. The zero-order valence-electron chi connectivity index (χ0n) is 6.77. The lowest BCUT2D eigenvalue weighted by molar-refractivity contribution is 1.21. The molecule has 0 fully saturated rings. The second-order valence-corrected chi connectivity index (χ2v) is 8.95. The number of hydrogen-bond acceptors (Lipinski definition) is 0. The second kappa shape index (κ2) is 2.44. The Morgan fingerprint density at radius 1 is 0.833 bits per heavy atom. The van der Waals surface area contributed by atoms with Crippen molar-refractivity contribution >= 4 is 17.6 Å². The van der Waals surface area contributed by atoms with Gasteiger partial charge in [-0.25, -0.2) is 0 Å². The summed E-state index contributed by atoms with van der Waals surface area (Å²) < 4.78 is 0. The Kier molecular flexibility index (Phi) is 1.39. The maximum Gasteiger partial charge on any atom is 0.107 e. The third kappa shape index (κ3) is 0.821. The molecule has 0 aliphatic carbocycles. The van der Waals surface area contributed by atoms with Gasteiger partial charge in [-0.3, -0.25) is 0 Å². The van der Waals surface area contributed by atoms with E-state index in [2.05, 4.69) is 47.5 Å². The lowest BCUT2D eigenvalue weighted by Crippen LogP contribution is -2.39. The molecule has 0 aromatic rings. The van der Waals surface area contributed by atoms with E-state index in [-0.39, 0.29) is 17.6 Å². The van der Waals surface area contributed by atoms with Gasteiger partial charge in [-0.15, -0.1) is 0 Å². The molecule has 2 bridgehead atoms. The topological polar surface area (TPSA) is 0 Å². The highest BCUT2D eigenvalue weighted by atomic mass is 28.3. The van der Waals surface area contributed by atoms with Gasteiger partial charge in [0, 0.05) is 0 Å². The van der Waals surface area contributed by atoms with Gasteiger partial charge in [0.05, 0.1) is 8.80 Å². The molecule has 4 aliphatic rings. The molecule has 0 aromatic heterocycles. The highest BCUT2D eigenvalue weighted by Gasteiger charge is 2.37. The predicted molar refractivity (Wildman–Crippen MR) is 55.6 cm³/mol. The summed E-state index contributed by atoms with van der Waals surface area (Å²) >= 11 is 0. The molecule has 12 heavy (non-hydrogen) atoms. The molecule has 4 aliphatic heterocycles. The van der Waals surface area contributed by atoms with Crippen molar-refractivity contribution in [3.05, 3.63) is 47.5 Å². The van der Waals surface area contributed by atoms with Crippen molar-refractivity contribution < 1.29 is 0 Å². The SMILES string of the molecule is C1=CC2[Si]3C=CC(C=C3)[Si]2C=C1. The monoisotopic (exact) mass is 186 g/mol. The number of rotatable bonds is 0. The Labute approximate surface area is 76.2 Å². The van der Waals surface area contributed by atoms with E-state index in [0.29, 0.717) is 0 Å². The zero-order chi connectivity index (χ0) is 7.97. The Morgan fingerprint density at radius 2 is 1.67 bits per heavy atom. The van der Waals surface area contributed by atoms with Crippen LogP contribution in [0, 0.1) is 0 Å². The summed E-state index contributed by atoms with van der Waals surface area (Å²) in [6.45, 7) is 0. The average Bonchev–Trinajstić information content (AvgIpc) is 2.20. The van der Waals surface area contributed by atoms with Crippen molar-refractivity contribution in [2.75, 3.05) is 0 Å². The van der Waals surface area contributed by atoms with Gasteiger partial charge >= 0.3 is 0 Å². The molecular formula is C10H10Si2. The molecular weight excluding hydrogens is 176 g/mol. The van der Waals surface area contributed by atoms with E-state index >= 15 is 0 Å². The van der Waals surface area contributed by atoms with Gasteiger partial charge in [-0.2, -0.15) is 0 Å². The molecule has 0 aromatic carbocycles. The van der Waals surface area contributed by atoms with Crippen molar-refractivity contribution in [1.29, 1.82) is 0 Å². The normalized spacial score (nSPS) is 37.7. The Balaban J connectivity index is 2.08.